The molecule has 0 aliphatic heterocycles. The molecule has 0 saturated carbocycles. The molecule has 0 spiro atoms. The van der Waals surface area contributed by atoms with Gasteiger partial charge in [-0.1, -0.05) is 0 Å². The molecule has 0 aromatic heterocycles. The summed E-state index contributed by atoms with van der Waals surface area (Å²) >= 11 is -1.88. The van der Waals surface area contributed by atoms with Crippen molar-refractivity contribution < 1.29 is 9.59 Å². The number of carbonyl (C=O) groups is 2. The fourth-order valence-electron chi connectivity index (χ4n) is 1.60. The fourth-order valence-corrected chi connectivity index (χ4v) is 4.06. The van der Waals surface area contributed by atoms with Gasteiger partial charge in [0.15, 0.2) is 0 Å². The molecule has 2 nitrogen and oxygen atoms in total. The molecule has 0 bridgehead atoms. The Labute approximate surface area is 106 Å². The van der Waals surface area contributed by atoms with Crippen LogP contribution in [0.15, 0.2) is 60.7 Å². The molecule has 2 aromatic rings. The summed E-state index contributed by atoms with van der Waals surface area (Å²) < 4.78 is 0.0962. The van der Waals surface area contributed by atoms with Crippen LogP contribution in [0.5, 0.6) is 0 Å². The number of carbonyl (C=O) groups excluding carboxylic acids is 2. The predicted molar refractivity (Wildman–Crippen MR) is 70.1 cm³/mol. The summed E-state index contributed by atoms with van der Waals surface area (Å²) in [6, 6.07) is 18.1. The minimum atomic E-state index is -1.88. The number of hydrogen-bond acceptors (Lipinski definition) is 2. The summed E-state index contributed by atoms with van der Waals surface area (Å²) in [5.74, 6) is 0. The summed E-state index contributed by atoms with van der Waals surface area (Å²) in [5.41, 5.74) is 1.33. The minimum absolute atomic E-state index is 0.0481. The van der Waals surface area contributed by atoms with E-state index in [4.69, 9.17) is 0 Å². The quantitative estimate of drug-likeness (QED) is 0.803. The molecule has 0 unspecified atom stereocenters. The SMILES string of the molecule is O=[C]([GeH2][C](=O)c1ccccc1)c1ccccc1. The van der Waals surface area contributed by atoms with Crippen molar-refractivity contribution in [3.8, 4) is 0 Å². The van der Waals surface area contributed by atoms with Crippen molar-refractivity contribution in [2.45, 2.75) is 0 Å². The van der Waals surface area contributed by atoms with Gasteiger partial charge in [-0.3, -0.25) is 0 Å². The summed E-state index contributed by atoms with van der Waals surface area (Å²) in [6.45, 7) is 0. The zero-order chi connectivity index (χ0) is 12.1. The Kier molecular flexibility index (Phi) is 3.88. The summed E-state index contributed by atoms with van der Waals surface area (Å²) in [7, 11) is 0. The third-order valence-electron chi connectivity index (χ3n) is 2.51. The number of benzene rings is 2. The van der Waals surface area contributed by atoms with Gasteiger partial charge in [-0.15, -0.1) is 0 Å². The topological polar surface area (TPSA) is 34.1 Å². The molecule has 0 radical (unpaired) electrons. The van der Waals surface area contributed by atoms with Gasteiger partial charge in [0, 0.05) is 0 Å². The number of hydrogen-bond donors (Lipinski definition) is 0. The van der Waals surface area contributed by atoms with Crippen molar-refractivity contribution in [3.05, 3.63) is 71.8 Å². The molecule has 0 atom stereocenters. The Bertz CT molecular complexity index is 471. The molecule has 0 aliphatic carbocycles. The Morgan fingerprint density at radius 2 is 1.00 bits per heavy atom. The zero-order valence-corrected chi connectivity index (χ0v) is 12.3. The average Bonchev–Trinajstić information content (AvgIpc) is 2.40. The monoisotopic (exact) mass is 286 g/mol. The van der Waals surface area contributed by atoms with Crippen LogP contribution in [-0.4, -0.2) is 24.7 Å². The molecule has 84 valence electrons. The van der Waals surface area contributed by atoms with Crippen LogP contribution in [0.2, 0.25) is 0 Å². The molecule has 17 heavy (non-hydrogen) atoms. The van der Waals surface area contributed by atoms with Crippen LogP contribution in [0.1, 0.15) is 20.7 Å². The van der Waals surface area contributed by atoms with Gasteiger partial charge in [-0.2, -0.15) is 0 Å². The van der Waals surface area contributed by atoms with Crippen molar-refractivity contribution in [3.63, 3.8) is 0 Å². The van der Waals surface area contributed by atoms with E-state index < -0.39 is 15.4 Å². The molecule has 2 aromatic carbocycles. The second-order valence-electron chi connectivity index (χ2n) is 3.76. The normalized spacial score (nSPS) is 9.88. The van der Waals surface area contributed by atoms with E-state index in [1.807, 2.05) is 36.4 Å². The van der Waals surface area contributed by atoms with E-state index in [-0.39, 0.29) is 9.23 Å². The van der Waals surface area contributed by atoms with Gasteiger partial charge in [0.05, 0.1) is 0 Å². The molecule has 3 heteroatoms. The van der Waals surface area contributed by atoms with Gasteiger partial charge in [0.1, 0.15) is 0 Å². The third-order valence-corrected chi connectivity index (χ3v) is 5.57. The van der Waals surface area contributed by atoms with E-state index >= 15 is 0 Å². The first-order valence-electron chi connectivity index (χ1n) is 5.44. The molecule has 0 fully saturated rings. The predicted octanol–water partition coefficient (Wildman–Crippen LogP) is 1.84. The molecule has 0 amide bonds. The van der Waals surface area contributed by atoms with Gasteiger partial charge >= 0.3 is 106 Å². The van der Waals surface area contributed by atoms with Gasteiger partial charge in [0.25, 0.3) is 0 Å². The summed E-state index contributed by atoms with van der Waals surface area (Å²) in [6.07, 6.45) is 0. The molecule has 2 rings (SSSR count). The van der Waals surface area contributed by atoms with Crippen molar-refractivity contribution in [1.82, 2.24) is 0 Å². The van der Waals surface area contributed by atoms with Crippen LogP contribution in [-0.2, 0) is 0 Å². The van der Waals surface area contributed by atoms with E-state index in [0.29, 0.717) is 11.1 Å². The maximum absolute atomic E-state index is 11.9. The summed E-state index contributed by atoms with van der Waals surface area (Å²) in [4.78, 5) is 23.8. The van der Waals surface area contributed by atoms with Crippen molar-refractivity contribution in [1.29, 1.82) is 0 Å². The van der Waals surface area contributed by atoms with E-state index in [2.05, 4.69) is 0 Å². The number of rotatable bonds is 4. The van der Waals surface area contributed by atoms with Gasteiger partial charge in [0.2, 0.25) is 0 Å². The maximum atomic E-state index is 11.9. The van der Waals surface area contributed by atoms with Gasteiger partial charge in [-0.25, -0.2) is 0 Å². The molecular formula is C14H12GeO2. The fraction of sp³-hybridized carbons (Fsp3) is 0. The average molecular weight is 285 g/mol. The van der Waals surface area contributed by atoms with Crippen LogP contribution in [0, 0.1) is 0 Å². The van der Waals surface area contributed by atoms with Crippen molar-refractivity contribution >= 4 is 24.7 Å². The Morgan fingerprint density at radius 3 is 1.35 bits per heavy atom. The zero-order valence-electron chi connectivity index (χ0n) is 9.30. The molecule has 0 aliphatic rings. The van der Waals surface area contributed by atoms with Gasteiger partial charge in [-0.05, 0) is 0 Å². The molecular weight excluding hydrogens is 273 g/mol. The first kappa shape index (κ1) is 11.8. The van der Waals surface area contributed by atoms with Crippen LogP contribution >= 0.6 is 0 Å². The van der Waals surface area contributed by atoms with Gasteiger partial charge < -0.3 is 0 Å². The molecule has 0 saturated heterocycles. The van der Waals surface area contributed by atoms with E-state index in [1.54, 1.807) is 24.3 Å². The van der Waals surface area contributed by atoms with Crippen molar-refractivity contribution in [2.24, 2.45) is 0 Å². The Balaban J connectivity index is 2.08. The second-order valence-corrected chi connectivity index (χ2v) is 7.19. The standard InChI is InChI=1S/C14H12GeO2/c16-13(11-7-3-1-4-8-11)15-14(17)12-9-5-2-6-10-12/h1-10H,15H2. The van der Waals surface area contributed by atoms with Crippen molar-refractivity contribution in [2.75, 3.05) is 0 Å². The first-order chi connectivity index (χ1) is 8.27. The molecule has 0 N–H and O–H groups in total. The first-order valence-corrected chi connectivity index (χ1v) is 8.40. The van der Waals surface area contributed by atoms with Crippen LogP contribution in [0.3, 0.4) is 0 Å². The van der Waals surface area contributed by atoms with E-state index in [9.17, 15) is 9.59 Å². The van der Waals surface area contributed by atoms with E-state index in [0.717, 1.165) is 0 Å². The van der Waals surface area contributed by atoms with E-state index in [1.165, 1.54) is 0 Å². The second kappa shape index (κ2) is 5.59. The molecule has 0 heterocycles. The third kappa shape index (κ3) is 3.14. The van der Waals surface area contributed by atoms with Crippen LogP contribution < -0.4 is 0 Å². The summed E-state index contributed by atoms with van der Waals surface area (Å²) in [5, 5.41) is 0. The van der Waals surface area contributed by atoms with Crippen LogP contribution in [0.4, 0.5) is 0 Å². The Hall–Kier alpha value is -1.68. The Morgan fingerprint density at radius 1 is 0.647 bits per heavy atom. The van der Waals surface area contributed by atoms with Crippen LogP contribution in [0.25, 0.3) is 0 Å².